The summed E-state index contributed by atoms with van der Waals surface area (Å²) in [6.07, 6.45) is 6.41. The number of esters is 1. The SMILES string of the molecule is COC(=O)CCc1ncc(-c2cc[nH]c2)[nH]1. The van der Waals surface area contributed by atoms with Gasteiger partial charge >= 0.3 is 5.97 Å². The summed E-state index contributed by atoms with van der Waals surface area (Å²) in [6.45, 7) is 0. The topological polar surface area (TPSA) is 70.8 Å². The van der Waals surface area contributed by atoms with Crippen LogP contribution in [0.4, 0.5) is 0 Å². The highest BCUT2D eigenvalue weighted by Gasteiger charge is 2.06. The first-order chi connectivity index (χ1) is 7.79. The number of hydrogen-bond donors (Lipinski definition) is 2. The quantitative estimate of drug-likeness (QED) is 0.766. The first-order valence-electron chi connectivity index (χ1n) is 5.03. The van der Waals surface area contributed by atoms with Crippen molar-refractivity contribution in [1.29, 1.82) is 0 Å². The predicted octanol–water partition coefficient (Wildman–Crippen LogP) is 1.51. The molecular weight excluding hydrogens is 206 g/mol. The van der Waals surface area contributed by atoms with Gasteiger partial charge in [0.25, 0.3) is 0 Å². The van der Waals surface area contributed by atoms with Crippen LogP contribution in [0, 0.1) is 0 Å². The largest absolute Gasteiger partial charge is 0.469 e. The highest BCUT2D eigenvalue weighted by molar-refractivity contribution is 5.69. The lowest BCUT2D eigenvalue weighted by atomic mass is 10.3. The Hall–Kier alpha value is -2.04. The molecule has 0 radical (unpaired) electrons. The van der Waals surface area contributed by atoms with Crippen molar-refractivity contribution in [2.45, 2.75) is 12.8 Å². The zero-order valence-corrected chi connectivity index (χ0v) is 8.99. The van der Waals surface area contributed by atoms with Crippen LogP contribution in [0.3, 0.4) is 0 Å². The fourth-order valence-electron chi connectivity index (χ4n) is 1.45. The van der Waals surface area contributed by atoms with Crippen molar-refractivity contribution < 1.29 is 9.53 Å². The second kappa shape index (κ2) is 4.65. The second-order valence-corrected chi connectivity index (χ2v) is 3.42. The van der Waals surface area contributed by atoms with Crippen LogP contribution in [0.25, 0.3) is 11.3 Å². The molecule has 2 N–H and O–H groups in total. The van der Waals surface area contributed by atoms with E-state index in [0.717, 1.165) is 17.1 Å². The Labute approximate surface area is 92.9 Å². The molecule has 2 rings (SSSR count). The van der Waals surface area contributed by atoms with Gasteiger partial charge in [0.2, 0.25) is 0 Å². The molecule has 5 heteroatoms. The van der Waals surface area contributed by atoms with E-state index in [1.165, 1.54) is 7.11 Å². The molecule has 0 amide bonds. The van der Waals surface area contributed by atoms with Gasteiger partial charge in [0.15, 0.2) is 0 Å². The first kappa shape index (κ1) is 10.5. The number of aromatic amines is 2. The Morgan fingerprint density at radius 2 is 2.44 bits per heavy atom. The Balaban J connectivity index is 2.00. The van der Waals surface area contributed by atoms with E-state index in [2.05, 4.69) is 19.7 Å². The fourth-order valence-corrected chi connectivity index (χ4v) is 1.45. The van der Waals surface area contributed by atoms with Crippen LogP contribution >= 0.6 is 0 Å². The summed E-state index contributed by atoms with van der Waals surface area (Å²) in [5.41, 5.74) is 2.00. The van der Waals surface area contributed by atoms with E-state index in [0.29, 0.717) is 12.8 Å². The van der Waals surface area contributed by atoms with Crippen LogP contribution in [0.15, 0.2) is 24.7 Å². The minimum atomic E-state index is -0.223. The summed E-state index contributed by atoms with van der Waals surface area (Å²) < 4.78 is 4.57. The van der Waals surface area contributed by atoms with Gasteiger partial charge in [-0.15, -0.1) is 0 Å². The highest BCUT2D eigenvalue weighted by Crippen LogP contribution is 2.15. The van der Waals surface area contributed by atoms with Gasteiger partial charge in [-0.05, 0) is 6.07 Å². The number of ether oxygens (including phenoxy) is 1. The number of hydrogen-bond acceptors (Lipinski definition) is 3. The van der Waals surface area contributed by atoms with E-state index in [-0.39, 0.29) is 5.97 Å². The van der Waals surface area contributed by atoms with Gasteiger partial charge < -0.3 is 14.7 Å². The number of aryl methyl sites for hydroxylation is 1. The molecule has 0 unspecified atom stereocenters. The van der Waals surface area contributed by atoms with Crippen molar-refractivity contribution in [3.05, 3.63) is 30.5 Å². The fraction of sp³-hybridized carbons (Fsp3) is 0.273. The lowest BCUT2D eigenvalue weighted by Crippen LogP contribution is -2.02. The molecule has 0 aliphatic heterocycles. The lowest BCUT2D eigenvalue weighted by molar-refractivity contribution is -0.140. The maximum atomic E-state index is 11.0. The van der Waals surface area contributed by atoms with Gasteiger partial charge in [-0.2, -0.15) is 0 Å². The standard InChI is InChI=1S/C11H13N3O2/c1-16-11(15)3-2-10-13-7-9(14-10)8-4-5-12-6-8/h4-7,12H,2-3H2,1H3,(H,13,14). The summed E-state index contributed by atoms with van der Waals surface area (Å²) in [7, 11) is 1.38. The molecule has 16 heavy (non-hydrogen) atoms. The number of carbonyl (C=O) groups is 1. The van der Waals surface area contributed by atoms with Crippen molar-refractivity contribution in [1.82, 2.24) is 15.0 Å². The average molecular weight is 219 g/mol. The third kappa shape index (κ3) is 2.31. The van der Waals surface area contributed by atoms with E-state index in [4.69, 9.17) is 0 Å². The van der Waals surface area contributed by atoms with Gasteiger partial charge in [-0.1, -0.05) is 0 Å². The van der Waals surface area contributed by atoms with Crippen molar-refractivity contribution in [3.63, 3.8) is 0 Å². The van der Waals surface area contributed by atoms with Crippen LogP contribution in [0.2, 0.25) is 0 Å². The predicted molar refractivity (Wildman–Crippen MR) is 58.7 cm³/mol. The van der Waals surface area contributed by atoms with Crippen LogP contribution in [-0.2, 0) is 16.0 Å². The molecule has 0 atom stereocenters. The lowest BCUT2D eigenvalue weighted by Gasteiger charge is -1.96. The zero-order chi connectivity index (χ0) is 11.4. The van der Waals surface area contributed by atoms with Crippen molar-refractivity contribution in [3.8, 4) is 11.3 Å². The minimum absolute atomic E-state index is 0.223. The molecule has 0 saturated heterocycles. The number of methoxy groups -OCH3 is 1. The molecule has 0 aliphatic carbocycles. The van der Waals surface area contributed by atoms with Gasteiger partial charge in [-0.25, -0.2) is 4.98 Å². The number of aromatic nitrogens is 3. The van der Waals surface area contributed by atoms with E-state index >= 15 is 0 Å². The summed E-state index contributed by atoms with van der Waals surface area (Å²) >= 11 is 0. The Kier molecular flexibility index (Phi) is 3.05. The normalized spacial score (nSPS) is 10.3. The maximum absolute atomic E-state index is 11.0. The van der Waals surface area contributed by atoms with Crippen LogP contribution in [0.1, 0.15) is 12.2 Å². The number of imidazole rings is 1. The molecule has 0 spiro atoms. The molecule has 2 aromatic rings. The molecule has 0 aliphatic rings. The summed E-state index contributed by atoms with van der Waals surface area (Å²) in [4.78, 5) is 21.3. The van der Waals surface area contributed by atoms with Crippen LogP contribution < -0.4 is 0 Å². The smallest absolute Gasteiger partial charge is 0.305 e. The molecule has 84 valence electrons. The Morgan fingerprint density at radius 1 is 1.56 bits per heavy atom. The van der Waals surface area contributed by atoms with Gasteiger partial charge in [-0.3, -0.25) is 4.79 Å². The number of nitrogens with zero attached hydrogens (tertiary/aromatic N) is 1. The summed E-state index contributed by atoms with van der Waals surface area (Å²) in [5.74, 6) is 0.571. The van der Waals surface area contributed by atoms with E-state index in [1.54, 1.807) is 6.20 Å². The van der Waals surface area contributed by atoms with Crippen molar-refractivity contribution in [2.24, 2.45) is 0 Å². The average Bonchev–Trinajstić information content (AvgIpc) is 2.95. The minimum Gasteiger partial charge on any atom is -0.469 e. The Bertz CT molecular complexity index is 459. The molecule has 2 heterocycles. The number of nitrogens with one attached hydrogen (secondary N) is 2. The Morgan fingerprint density at radius 3 is 3.12 bits per heavy atom. The molecular formula is C11H13N3O2. The van der Waals surface area contributed by atoms with E-state index in [1.807, 2.05) is 18.5 Å². The molecule has 0 saturated carbocycles. The molecule has 0 bridgehead atoms. The summed E-state index contributed by atoms with van der Waals surface area (Å²) in [6, 6.07) is 1.96. The van der Waals surface area contributed by atoms with Gasteiger partial charge in [0.05, 0.1) is 25.4 Å². The van der Waals surface area contributed by atoms with Crippen LogP contribution in [0.5, 0.6) is 0 Å². The molecule has 5 nitrogen and oxygen atoms in total. The third-order valence-electron chi connectivity index (χ3n) is 2.33. The highest BCUT2D eigenvalue weighted by atomic mass is 16.5. The third-order valence-corrected chi connectivity index (χ3v) is 2.33. The van der Waals surface area contributed by atoms with Gasteiger partial charge in [0, 0.05) is 24.4 Å². The van der Waals surface area contributed by atoms with E-state index in [9.17, 15) is 4.79 Å². The van der Waals surface area contributed by atoms with Gasteiger partial charge in [0.1, 0.15) is 5.82 Å². The van der Waals surface area contributed by atoms with Crippen LogP contribution in [-0.4, -0.2) is 28.0 Å². The molecule has 0 aromatic carbocycles. The summed E-state index contributed by atoms with van der Waals surface area (Å²) in [5, 5.41) is 0. The molecule has 2 aromatic heterocycles. The number of carbonyl (C=O) groups excluding carboxylic acids is 1. The van der Waals surface area contributed by atoms with E-state index < -0.39 is 0 Å². The number of H-pyrrole nitrogens is 2. The van der Waals surface area contributed by atoms with Crippen molar-refractivity contribution >= 4 is 5.97 Å². The zero-order valence-electron chi connectivity index (χ0n) is 8.99. The molecule has 0 fully saturated rings. The van der Waals surface area contributed by atoms with Crippen molar-refractivity contribution in [2.75, 3.05) is 7.11 Å². The monoisotopic (exact) mass is 219 g/mol. The maximum Gasteiger partial charge on any atom is 0.305 e. The second-order valence-electron chi connectivity index (χ2n) is 3.42. The number of rotatable bonds is 4. The first-order valence-corrected chi connectivity index (χ1v) is 5.03.